The molecule has 4 saturated heterocycles. The van der Waals surface area contributed by atoms with Crippen molar-refractivity contribution in [3.05, 3.63) is 125 Å². The Hall–Kier alpha value is -5.28. The molecule has 1 spiro atoms. The minimum atomic E-state index is -5.04. The van der Waals surface area contributed by atoms with Crippen LogP contribution in [0.5, 0.6) is 0 Å². The number of hydrogen-bond donors (Lipinski definition) is 3. The van der Waals surface area contributed by atoms with E-state index in [-0.39, 0.29) is 44.2 Å². The van der Waals surface area contributed by atoms with Crippen molar-refractivity contribution in [3.8, 4) is 11.1 Å². The zero-order valence-corrected chi connectivity index (χ0v) is 32.6. The third-order valence-electron chi connectivity index (χ3n) is 12.2. The molecule has 14 heteroatoms. The standard InChI is InChI=1S/C45H48F3N5O6/c46-45(47,48)43(57)52-22-6-11-38(52)40(55)49-26-34-7-4-5-10-37(34)31-16-18-33(19-17-31)41-58-36(25-39(59-41)32-14-12-30(28-54)13-15-32)27-51-23-20-44(21-24-51)42(56)50-29-53(44)35-8-2-1-3-9-35/h1-5,7-10,12-19,36,38-39,41,54H,6,11,20-29H2,(H,49,55)(H,50,56)/t36-,38-,39+,41+/m0/s1. The summed E-state index contributed by atoms with van der Waals surface area (Å²) in [7, 11) is 0. The highest BCUT2D eigenvalue weighted by Crippen LogP contribution is 2.41. The van der Waals surface area contributed by atoms with Crippen molar-refractivity contribution in [1.82, 2.24) is 20.4 Å². The average Bonchev–Trinajstić information content (AvgIpc) is 3.88. The van der Waals surface area contributed by atoms with Crippen LogP contribution < -0.4 is 15.5 Å². The van der Waals surface area contributed by atoms with Crippen molar-refractivity contribution in [2.45, 2.75) is 81.5 Å². The summed E-state index contributed by atoms with van der Waals surface area (Å²) in [5.41, 5.74) is 5.51. The van der Waals surface area contributed by atoms with Gasteiger partial charge in [0.25, 0.3) is 0 Å². The summed E-state index contributed by atoms with van der Waals surface area (Å²) in [6.07, 6.45) is -3.69. The molecule has 0 unspecified atom stereocenters. The first-order valence-electron chi connectivity index (χ1n) is 20.2. The van der Waals surface area contributed by atoms with Crippen molar-refractivity contribution in [2.24, 2.45) is 0 Å². The number of aliphatic hydroxyl groups excluding tert-OH is 1. The lowest BCUT2D eigenvalue weighted by Crippen LogP contribution is -2.57. The molecule has 4 aliphatic rings. The Balaban J connectivity index is 0.956. The number of anilines is 1. The summed E-state index contributed by atoms with van der Waals surface area (Å²) in [5, 5.41) is 15.5. The number of amides is 3. The van der Waals surface area contributed by atoms with Gasteiger partial charge in [0.15, 0.2) is 6.29 Å². The molecule has 0 aromatic heterocycles. The van der Waals surface area contributed by atoms with Gasteiger partial charge in [-0.1, -0.05) is 91.0 Å². The minimum Gasteiger partial charge on any atom is -0.392 e. The lowest BCUT2D eigenvalue weighted by Gasteiger charge is -2.45. The molecule has 310 valence electrons. The molecule has 0 saturated carbocycles. The fraction of sp³-hybridized carbons (Fsp3) is 0.400. The van der Waals surface area contributed by atoms with Crippen LogP contribution in [0.4, 0.5) is 18.9 Å². The number of piperidine rings is 1. The van der Waals surface area contributed by atoms with E-state index >= 15 is 0 Å². The van der Waals surface area contributed by atoms with Gasteiger partial charge in [0.05, 0.1) is 25.5 Å². The van der Waals surface area contributed by atoms with E-state index in [9.17, 15) is 32.7 Å². The summed E-state index contributed by atoms with van der Waals surface area (Å²) in [5.74, 6) is -2.54. The Morgan fingerprint density at radius 3 is 2.27 bits per heavy atom. The topological polar surface area (TPSA) is 124 Å². The number of halogens is 3. The largest absolute Gasteiger partial charge is 0.471 e. The molecule has 4 aromatic carbocycles. The maximum atomic E-state index is 13.3. The summed E-state index contributed by atoms with van der Waals surface area (Å²) in [6.45, 7) is 2.52. The number of nitrogens with one attached hydrogen (secondary N) is 2. The molecule has 0 aliphatic carbocycles. The molecule has 0 radical (unpaired) electrons. The number of likely N-dealkylation sites (tertiary alicyclic amines) is 2. The van der Waals surface area contributed by atoms with Gasteiger partial charge in [0.2, 0.25) is 11.8 Å². The third-order valence-corrected chi connectivity index (χ3v) is 12.2. The van der Waals surface area contributed by atoms with E-state index < -0.39 is 35.9 Å². The van der Waals surface area contributed by atoms with E-state index in [4.69, 9.17) is 9.47 Å². The monoisotopic (exact) mass is 811 g/mol. The molecule has 4 aliphatic heterocycles. The second-order valence-electron chi connectivity index (χ2n) is 15.8. The maximum absolute atomic E-state index is 13.3. The summed E-state index contributed by atoms with van der Waals surface area (Å²) >= 11 is 0. The lowest BCUT2D eigenvalue weighted by molar-refractivity contribution is -0.253. The van der Waals surface area contributed by atoms with Crippen LogP contribution in [0.15, 0.2) is 103 Å². The third kappa shape index (κ3) is 8.58. The number of benzene rings is 4. The van der Waals surface area contributed by atoms with Gasteiger partial charge in [0, 0.05) is 50.4 Å². The summed E-state index contributed by atoms with van der Waals surface area (Å²) in [6, 6.07) is 31.9. The number of carbonyl (C=O) groups is 3. The van der Waals surface area contributed by atoms with Gasteiger partial charge < -0.3 is 39.9 Å². The number of aliphatic hydroxyl groups is 1. The molecule has 4 aromatic rings. The number of nitrogens with zero attached hydrogens (tertiary/aromatic N) is 3. The highest BCUT2D eigenvalue weighted by atomic mass is 19.4. The highest BCUT2D eigenvalue weighted by Gasteiger charge is 2.51. The highest BCUT2D eigenvalue weighted by molar-refractivity contribution is 5.93. The Labute approximate surface area is 341 Å². The lowest BCUT2D eigenvalue weighted by atomic mass is 9.85. The fourth-order valence-corrected chi connectivity index (χ4v) is 8.98. The number of carbonyl (C=O) groups excluding carboxylic acids is 3. The smallest absolute Gasteiger partial charge is 0.392 e. The van der Waals surface area contributed by atoms with Crippen molar-refractivity contribution in [1.29, 1.82) is 0 Å². The summed E-state index contributed by atoms with van der Waals surface area (Å²) in [4.78, 5) is 43.5. The van der Waals surface area contributed by atoms with Crippen LogP contribution in [0.3, 0.4) is 0 Å². The van der Waals surface area contributed by atoms with Gasteiger partial charge in [-0.05, 0) is 65.6 Å². The van der Waals surface area contributed by atoms with Crippen molar-refractivity contribution >= 4 is 23.4 Å². The van der Waals surface area contributed by atoms with Gasteiger partial charge in [-0.3, -0.25) is 14.4 Å². The Morgan fingerprint density at radius 2 is 1.56 bits per heavy atom. The van der Waals surface area contributed by atoms with Crippen molar-refractivity contribution < 1.29 is 42.1 Å². The van der Waals surface area contributed by atoms with Crippen LogP contribution in [0.2, 0.25) is 0 Å². The Bertz CT molecular complexity index is 2110. The predicted molar refractivity (Wildman–Crippen MR) is 213 cm³/mol. The molecule has 3 N–H and O–H groups in total. The second-order valence-corrected chi connectivity index (χ2v) is 15.8. The number of hydrogen-bond acceptors (Lipinski definition) is 8. The molecule has 4 atom stereocenters. The maximum Gasteiger partial charge on any atom is 0.471 e. The van der Waals surface area contributed by atoms with Gasteiger partial charge in [-0.2, -0.15) is 13.2 Å². The summed E-state index contributed by atoms with van der Waals surface area (Å²) < 4.78 is 52.8. The van der Waals surface area contributed by atoms with E-state index in [0.717, 1.165) is 52.2 Å². The first-order chi connectivity index (χ1) is 28.5. The molecule has 8 rings (SSSR count). The van der Waals surface area contributed by atoms with Crippen LogP contribution >= 0.6 is 0 Å². The number of rotatable bonds is 10. The molecule has 4 heterocycles. The minimum absolute atomic E-state index is 0.0553. The zero-order valence-electron chi connectivity index (χ0n) is 32.6. The van der Waals surface area contributed by atoms with Crippen molar-refractivity contribution in [2.75, 3.05) is 37.7 Å². The molecule has 4 fully saturated rings. The molecule has 3 amide bonds. The van der Waals surface area contributed by atoms with Gasteiger partial charge in [-0.25, -0.2) is 0 Å². The van der Waals surface area contributed by atoms with Crippen LogP contribution in [0, 0.1) is 0 Å². The van der Waals surface area contributed by atoms with Crippen LogP contribution in [-0.2, 0) is 37.0 Å². The second kappa shape index (κ2) is 17.1. The quantitative estimate of drug-likeness (QED) is 0.179. The first-order valence-corrected chi connectivity index (χ1v) is 20.2. The Morgan fingerprint density at radius 1 is 0.864 bits per heavy atom. The normalized spacial score (nSPS) is 23.4. The average molecular weight is 812 g/mol. The molecule has 59 heavy (non-hydrogen) atoms. The van der Waals surface area contributed by atoms with E-state index in [0.29, 0.717) is 43.8 Å². The van der Waals surface area contributed by atoms with Crippen molar-refractivity contribution in [3.63, 3.8) is 0 Å². The van der Waals surface area contributed by atoms with Crippen LogP contribution in [0.25, 0.3) is 11.1 Å². The van der Waals surface area contributed by atoms with Gasteiger partial charge in [0.1, 0.15) is 11.6 Å². The number of para-hydroxylation sites is 1. The number of ether oxygens (including phenoxy) is 2. The molecule has 11 nitrogen and oxygen atoms in total. The molecular weight excluding hydrogens is 764 g/mol. The van der Waals surface area contributed by atoms with E-state index in [2.05, 4.69) is 20.4 Å². The number of alkyl halides is 3. The zero-order chi connectivity index (χ0) is 41.1. The molecule has 0 bridgehead atoms. The van der Waals surface area contributed by atoms with E-state index in [1.165, 1.54) is 0 Å². The van der Waals surface area contributed by atoms with E-state index in [1.54, 1.807) is 0 Å². The SMILES string of the molecule is O=C(NCc1ccccc1-c1ccc([C@@H]2O[C@H](CN3CCC4(CC3)C(=O)NCN4c3ccccc3)C[C@H](c3ccc(CO)cc3)O2)cc1)[C@@H]1CCCN1C(=O)C(F)(F)F. The van der Waals surface area contributed by atoms with Gasteiger partial charge >= 0.3 is 12.1 Å². The van der Waals surface area contributed by atoms with Gasteiger partial charge in [-0.15, -0.1) is 0 Å². The van der Waals surface area contributed by atoms with E-state index in [1.807, 2.05) is 103 Å². The molecular formula is C45H48F3N5O6. The first kappa shape index (κ1) is 40.5. The Kier molecular flexibility index (Phi) is 11.8. The fourth-order valence-electron chi connectivity index (χ4n) is 8.98. The predicted octanol–water partition coefficient (Wildman–Crippen LogP) is 5.99. The van der Waals surface area contributed by atoms with Crippen LogP contribution in [-0.4, -0.2) is 89.3 Å². The van der Waals surface area contributed by atoms with Crippen LogP contribution in [0.1, 0.15) is 66.8 Å².